The second-order valence-corrected chi connectivity index (χ2v) is 8.02. The molecule has 2 heterocycles. The quantitative estimate of drug-likeness (QED) is 0.701. The number of hydrogen-bond acceptors (Lipinski definition) is 4. The van der Waals surface area contributed by atoms with Crippen molar-refractivity contribution in [1.29, 1.82) is 0 Å². The minimum atomic E-state index is 0.587. The first-order valence-corrected chi connectivity index (χ1v) is 10.1. The van der Waals surface area contributed by atoms with Gasteiger partial charge in [0.25, 0.3) is 0 Å². The van der Waals surface area contributed by atoms with E-state index in [1.54, 1.807) is 0 Å². The molecule has 0 aliphatic carbocycles. The second kappa shape index (κ2) is 8.19. The highest BCUT2D eigenvalue weighted by Crippen LogP contribution is 2.31. The number of pyridine rings is 1. The number of benzene rings is 2. The molecule has 4 nitrogen and oxygen atoms in total. The lowest BCUT2D eigenvalue weighted by molar-refractivity contribution is 0.137. The number of likely N-dealkylation sites (tertiary alicyclic amines) is 1. The Kier molecular flexibility index (Phi) is 5.49. The molecule has 2 N–H and O–H groups in total. The second-order valence-electron chi connectivity index (χ2n) is 8.02. The maximum Gasteiger partial charge on any atom is 0.130 e. The van der Waals surface area contributed by atoms with Crippen molar-refractivity contribution in [1.82, 2.24) is 9.88 Å². The summed E-state index contributed by atoms with van der Waals surface area (Å²) in [5.74, 6) is 1.44. The van der Waals surface area contributed by atoms with Crippen LogP contribution in [-0.4, -0.2) is 29.6 Å². The number of fused-ring (bicyclic) bond motifs is 1. The van der Waals surface area contributed by atoms with Gasteiger partial charge in [0.2, 0.25) is 0 Å². The molecule has 28 heavy (non-hydrogen) atoms. The fraction of sp³-hybridized carbons (Fsp3) is 0.375. The van der Waals surface area contributed by atoms with Gasteiger partial charge >= 0.3 is 0 Å². The van der Waals surface area contributed by atoms with Gasteiger partial charge < -0.3 is 10.5 Å². The van der Waals surface area contributed by atoms with Crippen LogP contribution in [0.15, 0.2) is 48.5 Å². The third kappa shape index (κ3) is 4.28. The van der Waals surface area contributed by atoms with Crippen molar-refractivity contribution in [3.05, 3.63) is 65.4 Å². The number of anilines is 1. The van der Waals surface area contributed by atoms with Crippen molar-refractivity contribution in [2.24, 2.45) is 5.92 Å². The van der Waals surface area contributed by atoms with Crippen LogP contribution in [0.4, 0.5) is 5.69 Å². The molecule has 1 aliphatic heterocycles. The third-order valence-electron chi connectivity index (χ3n) is 5.66. The highest BCUT2D eigenvalue weighted by molar-refractivity contribution is 5.95. The smallest absolute Gasteiger partial charge is 0.130 e. The predicted molar refractivity (Wildman–Crippen MR) is 116 cm³/mol. The number of rotatable bonds is 5. The molecule has 1 saturated heterocycles. The standard InChI is InChI=1S/C24H29N3O/c1-17-6-8-19(9-7-17)15-27-12-10-20(11-13-27)16-28-23-5-3-4-22-24(23)21(25)14-18(2)26-22/h3-9,14,20H,10-13,15-16H2,1-2H3,(H2,25,26). The summed E-state index contributed by atoms with van der Waals surface area (Å²) in [6.45, 7) is 8.13. The van der Waals surface area contributed by atoms with Crippen LogP contribution in [0.25, 0.3) is 10.9 Å². The van der Waals surface area contributed by atoms with E-state index < -0.39 is 0 Å². The first-order valence-electron chi connectivity index (χ1n) is 10.1. The average molecular weight is 376 g/mol. The van der Waals surface area contributed by atoms with E-state index in [0.29, 0.717) is 5.92 Å². The number of nitrogens with two attached hydrogens (primary N) is 1. The fourth-order valence-corrected chi connectivity index (χ4v) is 4.01. The Bertz CT molecular complexity index is 944. The van der Waals surface area contributed by atoms with E-state index in [4.69, 9.17) is 10.5 Å². The van der Waals surface area contributed by atoms with E-state index in [1.807, 2.05) is 31.2 Å². The van der Waals surface area contributed by atoms with Gasteiger partial charge in [0.1, 0.15) is 5.75 Å². The zero-order valence-electron chi connectivity index (χ0n) is 16.8. The topological polar surface area (TPSA) is 51.4 Å². The molecule has 1 aromatic heterocycles. The van der Waals surface area contributed by atoms with Crippen LogP contribution in [0, 0.1) is 19.8 Å². The number of aromatic nitrogens is 1. The van der Waals surface area contributed by atoms with Crippen LogP contribution < -0.4 is 10.5 Å². The van der Waals surface area contributed by atoms with Crippen LogP contribution in [-0.2, 0) is 6.54 Å². The molecule has 1 fully saturated rings. The molecule has 146 valence electrons. The van der Waals surface area contributed by atoms with Crippen LogP contribution in [0.1, 0.15) is 29.7 Å². The highest BCUT2D eigenvalue weighted by Gasteiger charge is 2.20. The van der Waals surface area contributed by atoms with Gasteiger partial charge in [-0.3, -0.25) is 9.88 Å². The molecule has 3 aromatic rings. The van der Waals surface area contributed by atoms with Gasteiger partial charge in [0.15, 0.2) is 0 Å². The van der Waals surface area contributed by atoms with Gasteiger partial charge in [-0.05, 0) is 69.5 Å². The fourth-order valence-electron chi connectivity index (χ4n) is 4.01. The first kappa shape index (κ1) is 18.8. The Morgan fingerprint density at radius 2 is 1.82 bits per heavy atom. The normalized spacial score (nSPS) is 15.8. The Hall–Kier alpha value is -2.59. The van der Waals surface area contributed by atoms with Crippen LogP contribution in [0.3, 0.4) is 0 Å². The Morgan fingerprint density at radius 3 is 2.57 bits per heavy atom. The molecule has 1 aliphatic rings. The van der Waals surface area contributed by atoms with E-state index in [-0.39, 0.29) is 0 Å². The van der Waals surface area contributed by atoms with Gasteiger partial charge in [-0.1, -0.05) is 35.9 Å². The Morgan fingerprint density at radius 1 is 1.07 bits per heavy atom. The molecule has 0 saturated carbocycles. The maximum absolute atomic E-state index is 6.24. The minimum Gasteiger partial charge on any atom is -0.493 e. The summed E-state index contributed by atoms with van der Waals surface area (Å²) in [6, 6.07) is 16.8. The highest BCUT2D eigenvalue weighted by atomic mass is 16.5. The van der Waals surface area contributed by atoms with Crippen molar-refractivity contribution in [3.8, 4) is 5.75 Å². The summed E-state index contributed by atoms with van der Waals surface area (Å²) in [4.78, 5) is 7.13. The molecule has 0 spiro atoms. The summed E-state index contributed by atoms with van der Waals surface area (Å²) in [7, 11) is 0. The van der Waals surface area contributed by atoms with Crippen LogP contribution in [0.5, 0.6) is 5.75 Å². The third-order valence-corrected chi connectivity index (χ3v) is 5.66. The Labute approximate surface area is 167 Å². The molecule has 4 rings (SSSR count). The van der Waals surface area contributed by atoms with E-state index in [2.05, 4.69) is 41.1 Å². The predicted octanol–water partition coefficient (Wildman–Crippen LogP) is 4.72. The molecule has 0 atom stereocenters. The number of piperidine rings is 1. The van der Waals surface area contributed by atoms with Crippen LogP contribution in [0.2, 0.25) is 0 Å². The lowest BCUT2D eigenvalue weighted by Crippen LogP contribution is -2.35. The van der Waals surface area contributed by atoms with Gasteiger partial charge in [0, 0.05) is 17.9 Å². The molecular weight excluding hydrogens is 346 g/mol. The number of hydrogen-bond donors (Lipinski definition) is 1. The van der Waals surface area contributed by atoms with Gasteiger partial charge in [-0.2, -0.15) is 0 Å². The maximum atomic E-state index is 6.24. The lowest BCUT2D eigenvalue weighted by Gasteiger charge is -2.32. The van der Waals surface area contributed by atoms with E-state index in [1.165, 1.54) is 24.0 Å². The minimum absolute atomic E-state index is 0.587. The average Bonchev–Trinajstić information content (AvgIpc) is 2.69. The molecule has 0 amide bonds. The zero-order chi connectivity index (χ0) is 19.5. The zero-order valence-corrected chi connectivity index (χ0v) is 16.8. The van der Waals surface area contributed by atoms with Gasteiger partial charge in [-0.15, -0.1) is 0 Å². The van der Waals surface area contributed by atoms with Crippen molar-refractivity contribution in [3.63, 3.8) is 0 Å². The number of aryl methyl sites for hydroxylation is 2. The van der Waals surface area contributed by atoms with E-state index in [0.717, 1.165) is 54.3 Å². The molecule has 0 radical (unpaired) electrons. The van der Waals surface area contributed by atoms with Gasteiger partial charge in [-0.25, -0.2) is 0 Å². The molecule has 4 heteroatoms. The van der Waals surface area contributed by atoms with Crippen molar-refractivity contribution < 1.29 is 4.74 Å². The number of nitrogen functional groups attached to an aromatic ring is 1. The monoisotopic (exact) mass is 375 g/mol. The number of ether oxygens (including phenoxy) is 1. The molecular formula is C24H29N3O. The number of nitrogens with zero attached hydrogens (tertiary/aromatic N) is 2. The largest absolute Gasteiger partial charge is 0.493 e. The van der Waals surface area contributed by atoms with Crippen molar-refractivity contribution >= 4 is 16.6 Å². The molecule has 2 aromatic carbocycles. The summed E-state index contributed by atoms with van der Waals surface area (Å²) in [6.07, 6.45) is 2.34. The van der Waals surface area contributed by atoms with Gasteiger partial charge in [0.05, 0.1) is 17.5 Å². The van der Waals surface area contributed by atoms with Crippen molar-refractivity contribution in [2.45, 2.75) is 33.2 Å². The summed E-state index contributed by atoms with van der Waals surface area (Å²) in [5, 5.41) is 0.935. The Balaban J connectivity index is 1.33. The first-order chi connectivity index (χ1) is 13.6. The SMILES string of the molecule is Cc1ccc(CN2CCC(COc3cccc4nc(C)cc(N)c34)CC2)cc1. The van der Waals surface area contributed by atoms with Crippen molar-refractivity contribution in [2.75, 3.05) is 25.4 Å². The molecule has 0 unspecified atom stereocenters. The summed E-state index contributed by atoms with van der Waals surface area (Å²) < 4.78 is 6.21. The lowest BCUT2D eigenvalue weighted by atomic mass is 9.97. The van der Waals surface area contributed by atoms with E-state index in [9.17, 15) is 0 Å². The summed E-state index contributed by atoms with van der Waals surface area (Å²) >= 11 is 0. The summed E-state index contributed by atoms with van der Waals surface area (Å²) in [5.41, 5.74) is 11.5. The van der Waals surface area contributed by atoms with E-state index >= 15 is 0 Å². The van der Waals surface area contributed by atoms with Crippen LogP contribution >= 0.6 is 0 Å². The molecule has 0 bridgehead atoms.